The average molecular weight is 479 g/mol. The van der Waals surface area contributed by atoms with E-state index in [1.165, 1.54) is 0 Å². The van der Waals surface area contributed by atoms with Crippen molar-refractivity contribution >= 4 is 5.97 Å². The van der Waals surface area contributed by atoms with E-state index in [-0.39, 0.29) is 40.7 Å². The van der Waals surface area contributed by atoms with Crippen LogP contribution in [0.2, 0.25) is 0 Å². The predicted octanol–water partition coefficient (Wildman–Crippen LogP) is 5.89. The van der Waals surface area contributed by atoms with Crippen molar-refractivity contribution in [2.75, 3.05) is 6.61 Å². The Morgan fingerprint density at radius 1 is 1.21 bits per heavy atom. The van der Waals surface area contributed by atoms with E-state index >= 15 is 0 Å². The molecule has 2 unspecified atom stereocenters. The summed E-state index contributed by atoms with van der Waals surface area (Å²) in [5.74, 6) is 2.09. The first-order chi connectivity index (χ1) is 16.0. The van der Waals surface area contributed by atoms with Crippen LogP contribution in [0.5, 0.6) is 0 Å². The molecule has 11 atom stereocenters. The van der Waals surface area contributed by atoms with Crippen molar-refractivity contribution in [1.29, 1.82) is 0 Å². The number of rotatable bonds is 7. The van der Waals surface area contributed by atoms with Gasteiger partial charge in [0.2, 0.25) is 0 Å². The molecular formula is C29H50O5. The standard InChI is InChI=1S/C29H50O5/c1-8-21-23-14-24(31)20(16-30)15-29(23,7)22-12-13-28(6,19(5)26(22)27(21)33)18(4)17(3)10-11-25(32)34-9-2/h16-19,21-24,26-27,30-31,33H,8-15H2,1-7H3/b20-16-/t17-,18-,19+,21-,22+,23+,24?,26?,27-,28-,29-/m1/s1. The molecule has 196 valence electrons. The van der Waals surface area contributed by atoms with Crippen LogP contribution in [0.4, 0.5) is 0 Å². The van der Waals surface area contributed by atoms with Gasteiger partial charge in [0.25, 0.3) is 0 Å². The molecule has 5 heteroatoms. The maximum atomic E-state index is 11.9. The van der Waals surface area contributed by atoms with Gasteiger partial charge in [0.05, 0.1) is 25.1 Å². The molecule has 3 rings (SSSR count). The van der Waals surface area contributed by atoms with Gasteiger partial charge in [0.1, 0.15) is 0 Å². The number of carbonyl (C=O) groups is 1. The zero-order chi connectivity index (χ0) is 25.4. The van der Waals surface area contributed by atoms with E-state index in [1.54, 1.807) is 0 Å². The van der Waals surface area contributed by atoms with E-state index in [4.69, 9.17) is 4.74 Å². The summed E-state index contributed by atoms with van der Waals surface area (Å²) in [6.07, 6.45) is 5.89. The van der Waals surface area contributed by atoms with Crippen LogP contribution in [0.3, 0.4) is 0 Å². The van der Waals surface area contributed by atoms with Gasteiger partial charge in [-0.2, -0.15) is 0 Å². The van der Waals surface area contributed by atoms with Gasteiger partial charge in [0.15, 0.2) is 0 Å². The quantitative estimate of drug-likeness (QED) is 0.314. The maximum Gasteiger partial charge on any atom is 0.305 e. The normalized spacial score (nSPS) is 45.2. The summed E-state index contributed by atoms with van der Waals surface area (Å²) in [5, 5.41) is 32.3. The molecule has 0 amide bonds. The molecule has 0 spiro atoms. The second kappa shape index (κ2) is 10.5. The lowest BCUT2D eigenvalue weighted by Gasteiger charge is -2.65. The third-order valence-corrected chi connectivity index (χ3v) is 11.3. The van der Waals surface area contributed by atoms with Gasteiger partial charge in [-0.25, -0.2) is 0 Å². The molecule has 3 N–H and O–H groups in total. The van der Waals surface area contributed by atoms with Crippen LogP contribution < -0.4 is 0 Å². The summed E-state index contributed by atoms with van der Waals surface area (Å²) >= 11 is 0. The van der Waals surface area contributed by atoms with Crippen LogP contribution in [0, 0.1) is 52.3 Å². The molecule has 0 saturated heterocycles. The van der Waals surface area contributed by atoms with Crippen LogP contribution in [-0.4, -0.2) is 40.1 Å². The van der Waals surface area contributed by atoms with E-state index in [2.05, 4.69) is 41.5 Å². The summed E-state index contributed by atoms with van der Waals surface area (Å²) in [6.45, 7) is 16.2. The summed E-state index contributed by atoms with van der Waals surface area (Å²) in [7, 11) is 0. The summed E-state index contributed by atoms with van der Waals surface area (Å²) in [4.78, 5) is 11.9. The van der Waals surface area contributed by atoms with Crippen LogP contribution in [0.1, 0.15) is 93.4 Å². The average Bonchev–Trinajstić information content (AvgIpc) is 2.80. The SMILES string of the molecule is CCOC(=O)CC[C@@H](C)[C@@H](C)[C@@]1(C)CC[C@H]2C([C@H](O)[C@H](CC)[C@@H]3CC(O)/C(=C\O)C[C@]23C)[C@@H]1C. The number of esters is 1. The fourth-order valence-corrected chi connectivity index (χ4v) is 8.70. The smallest absolute Gasteiger partial charge is 0.305 e. The zero-order valence-corrected chi connectivity index (χ0v) is 22.6. The zero-order valence-electron chi connectivity index (χ0n) is 22.6. The van der Waals surface area contributed by atoms with Crippen molar-refractivity contribution in [1.82, 2.24) is 0 Å². The van der Waals surface area contributed by atoms with E-state index < -0.39 is 6.10 Å². The number of fused-ring (bicyclic) bond motifs is 3. The highest BCUT2D eigenvalue weighted by atomic mass is 16.5. The van der Waals surface area contributed by atoms with Crippen LogP contribution in [0.25, 0.3) is 0 Å². The highest BCUT2D eigenvalue weighted by Gasteiger charge is 2.62. The number of aliphatic hydroxyl groups excluding tert-OH is 3. The van der Waals surface area contributed by atoms with Crippen molar-refractivity contribution in [3.8, 4) is 0 Å². The van der Waals surface area contributed by atoms with E-state index in [1.807, 2.05) is 6.92 Å². The van der Waals surface area contributed by atoms with Crippen molar-refractivity contribution in [2.45, 2.75) is 106 Å². The lowest BCUT2D eigenvalue weighted by Crippen LogP contribution is -2.63. The molecule has 0 bridgehead atoms. The van der Waals surface area contributed by atoms with E-state index in [0.717, 1.165) is 37.5 Å². The van der Waals surface area contributed by atoms with Crippen molar-refractivity contribution < 1.29 is 24.9 Å². The van der Waals surface area contributed by atoms with Gasteiger partial charge in [-0.05, 0) is 96.9 Å². The highest BCUT2D eigenvalue weighted by molar-refractivity contribution is 5.69. The van der Waals surface area contributed by atoms with Gasteiger partial charge in [0, 0.05) is 6.42 Å². The Morgan fingerprint density at radius 3 is 2.47 bits per heavy atom. The molecule has 0 aromatic carbocycles. The molecule has 0 heterocycles. The summed E-state index contributed by atoms with van der Waals surface area (Å²) in [6, 6.07) is 0. The Balaban J connectivity index is 1.86. The molecule has 0 aromatic rings. The third kappa shape index (κ3) is 4.56. The van der Waals surface area contributed by atoms with Gasteiger partial charge in [-0.1, -0.05) is 48.0 Å². The Kier molecular flexibility index (Phi) is 8.50. The monoisotopic (exact) mass is 478 g/mol. The lowest BCUT2D eigenvalue weighted by atomic mass is 9.40. The van der Waals surface area contributed by atoms with Gasteiger partial charge < -0.3 is 20.1 Å². The molecule has 5 nitrogen and oxygen atoms in total. The fourth-order valence-electron chi connectivity index (χ4n) is 8.70. The molecule has 3 fully saturated rings. The molecule has 3 aliphatic rings. The van der Waals surface area contributed by atoms with Crippen LogP contribution in [-0.2, 0) is 9.53 Å². The van der Waals surface area contributed by atoms with Gasteiger partial charge >= 0.3 is 5.97 Å². The minimum atomic E-state index is -0.604. The number of carbonyl (C=O) groups excluding carboxylic acids is 1. The molecular weight excluding hydrogens is 428 g/mol. The second-order valence-electron chi connectivity index (χ2n) is 12.4. The van der Waals surface area contributed by atoms with Crippen molar-refractivity contribution in [3.63, 3.8) is 0 Å². The first-order valence-electron chi connectivity index (χ1n) is 13.8. The number of aliphatic hydroxyl groups is 3. The van der Waals surface area contributed by atoms with Gasteiger partial charge in [-0.15, -0.1) is 0 Å². The number of hydrogen-bond donors (Lipinski definition) is 3. The highest BCUT2D eigenvalue weighted by Crippen LogP contribution is 2.66. The number of ether oxygens (including phenoxy) is 1. The Labute approximate surface area is 207 Å². The van der Waals surface area contributed by atoms with Gasteiger partial charge in [-0.3, -0.25) is 4.79 Å². The van der Waals surface area contributed by atoms with Crippen LogP contribution in [0.15, 0.2) is 11.8 Å². The molecule has 34 heavy (non-hydrogen) atoms. The molecule has 0 aromatic heterocycles. The van der Waals surface area contributed by atoms with Crippen LogP contribution >= 0.6 is 0 Å². The maximum absolute atomic E-state index is 11.9. The Morgan fingerprint density at radius 2 is 1.88 bits per heavy atom. The fraction of sp³-hybridized carbons (Fsp3) is 0.897. The van der Waals surface area contributed by atoms with E-state index in [9.17, 15) is 20.1 Å². The summed E-state index contributed by atoms with van der Waals surface area (Å²) in [5.41, 5.74) is 0.819. The topological polar surface area (TPSA) is 87.0 Å². The molecule has 0 radical (unpaired) electrons. The Hall–Kier alpha value is -1.07. The molecule has 3 saturated carbocycles. The second-order valence-corrected chi connectivity index (χ2v) is 12.4. The molecule has 3 aliphatic carbocycles. The largest absolute Gasteiger partial charge is 0.516 e. The minimum Gasteiger partial charge on any atom is -0.516 e. The lowest BCUT2D eigenvalue weighted by molar-refractivity contribution is -0.201. The first-order valence-corrected chi connectivity index (χ1v) is 13.8. The summed E-state index contributed by atoms with van der Waals surface area (Å²) < 4.78 is 5.15. The van der Waals surface area contributed by atoms with Crippen molar-refractivity contribution in [3.05, 3.63) is 11.8 Å². The Bertz CT molecular complexity index is 749. The molecule has 0 aliphatic heterocycles. The van der Waals surface area contributed by atoms with E-state index in [0.29, 0.717) is 49.5 Å². The van der Waals surface area contributed by atoms with Crippen molar-refractivity contribution in [2.24, 2.45) is 52.3 Å². The first kappa shape index (κ1) is 27.5. The predicted molar refractivity (Wildman–Crippen MR) is 135 cm³/mol. The number of hydrogen-bond acceptors (Lipinski definition) is 5. The third-order valence-electron chi connectivity index (χ3n) is 11.3. The minimum absolute atomic E-state index is 0.0211.